The molecule has 0 saturated carbocycles. The Balaban J connectivity index is 1.83. The standard InChI is InChI=1S/C18H24N4O2/c1-14-5-6-17(24-3)16(11-14)22-12-15(19-13-22)18(23)21-8-4-7-20(2)9-10-21/h5-6,11-13H,4,7-10H2,1-3H3. The molecule has 0 radical (unpaired) electrons. The van der Waals surface area contributed by atoms with Crippen molar-refractivity contribution in [3.05, 3.63) is 42.0 Å². The summed E-state index contributed by atoms with van der Waals surface area (Å²) in [6.07, 6.45) is 4.46. The summed E-state index contributed by atoms with van der Waals surface area (Å²) in [5, 5.41) is 0. The summed E-state index contributed by atoms with van der Waals surface area (Å²) in [4.78, 5) is 21.2. The van der Waals surface area contributed by atoms with E-state index in [1.165, 1.54) is 0 Å². The molecule has 2 aromatic rings. The van der Waals surface area contributed by atoms with Gasteiger partial charge in [0.15, 0.2) is 0 Å². The number of methoxy groups -OCH3 is 1. The van der Waals surface area contributed by atoms with Gasteiger partial charge in [-0.25, -0.2) is 4.98 Å². The van der Waals surface area contributed by atoms with Crippen molar-refractivity contribution >= 4 is 5.91 Å². The fraction of sp³-hybridized carbons (Fsp3) is 0.444. The van der Waals surface area contributed by atoms with Crippen molar-refractivity contribution in [2.45, 2.75) is 13.3 Å². The van der Waals surface area contributed by atoms with Gasteiger partial charge < -0.3 is 19.1 Å². The third-order valence-corrected chi connectivity index (χ3v) is 4.42. The number of carbonyl (C=O) groups excluding carboxylic acids is 1. The van der Waals surface area contributed by atoms with E-state index >= 15 is 0 Å². The molecule has 0 unspecified atom stereocenters. The Hall–Kier alpha value is -2.34. The van der Waals surface area contributed by atoms with Crippen LogP contribution in [0, 0.1) is 6.92 Å². The third-order valence-electron chi connectivity index (χ3n) is 4.42. The quantitative estimate of drug-likeness (QED) is 0.864. The predicted molar refractivity (Wildman–Crippen MR) is 92.9 cm³/mol. The third kappa shape index (κ3) is 3.43. The number of rotatable bonds is 3. The van der Waals surface area contributed by atoms with E-state index in [4.69, 9.17) is 4.74 Å². The van der Waals surface area contributed by atoms with Gasteiger partial charge in [-0.3, -0.25) is 4.79 Å². The molecule has 6 nitrogen and oxygen atoms in total. The summed E-state index contributed by atoms with van der Waals surface area (Å²) < 4.78 is 7.27. The minimum Gasteiger partial charge on any atom is -0.495 e. The maximum absolute atomic E-state index is 12.7. The molecule has 1 aliphatic rings. The average molecular weight is 328 g/mol. The van der Waals surface area contributed by atoms with Crippen LogP contribution < -0.4 is 4.74 Å². The van der Waals surface area contributed by atoms with Crippen LogP contribution in [0.2, 0.25) is 0 Å². The fourth-order valence-corrected chi connectivity index (χ4v) is 2.98. The minimum atomic E-state index is -0.00401. The molecule has 3 rings (SSSR count). The summed E-state index contributed by atoms with van der Waals surface area (Å²) >= 11 is 0. The topological polar surface area (TPSA) is 50.6 Å². The predicted octanol–water partition coefficient (Wildman–Crippen LogP) is 1.97. The SMILES string of the molecule is COc1ccc(C)cc1-n1cnc(C(=O)N2CCCN(C)CC2)c1. The lowest BCUT2D eigenvalue weighted by Gasteiger charge is -2.19. The number of carbonyl (C=O) groups is 1. The van der Waals surface area contributed by atoms with Crippen LogP contribution in [0.3, 0.4) is 0 Å². The Morgan fingerprint density at radius 3 is 2.83 bits per heavy atom. The summed E-state index contributed by atoms with van der Waals surface area (Å²) in [6, 6.07) is 5.95. The number of hydrogen-bond donors (Lipinski definition) is 0. The monoisotopic (exact) mass is 328 g/mol. The number of aromatic nitrogens is 2. The zero-order chi connectivity index (χ0) is 17.1. The van der Waals surface area contributed by atoms with Gasteiger partial charge in [-0.05, 0) is 44.6 Å². The first-order valence-corrected chi connectivity index (χ1v) is 8.25. The van der Waals surface area contributed by atoms with E-state index in [2.05, 4.69) is 16.9 Å². The van der Waals surface area contributed by atoms with Gasteiger partial charge in [-0.1, -0.05) is 6.07 Å². The summed E-state index contributed by atoms with van der Waals surface area (Å²) in [5.41, 5.74) is 2.49. The van der Waals surface area contributed by atoms with E-state index in [0.29, 0.717) is 5.69 Å². The zero-order valence-electron chi connectivity index (χ0n) is 14.5. The van der Waals surface area contributed by atoms with Gasteiger partial charge in [-0.15, -0.1) is 0 Å². The normalized spacial score (nSPS) is 16.0. The van der Waals surface area contributed by atoms with Crippen molar-refractivity contribution in [1.82, 2.24) is 19.4 Å². The van der Waals surface area contributed by atoms with Crippen LogP contribution in [0.5, 0.6) is 5.75 Å². The van der Waals surface area contributed by atoms with Crippen molar-refractivity contribution in [3.63, 3.8) is 0 Å². The summed E-state index contributed by atoms with van der Waals surface area (Å²) in [5.74, 6) is 0.754. The van der Waals surface area contributed by atoms with E-state index in [9.17, 15) is 4.79 Å². The molecule has 1 aliphatic heterocycles. The lowest BCUT2D eigenvalue weighted by atomic mass is 10.2. The Morgan fingerprint density at radius 1 is 1.21 bits per heavy atom. The molecule has 1 fully saturated rings. The molecule has 1 saturated heterocycles. The van der Waals surface area contributed by atoms with Gasteiger partial charge in [0.2, 0.25) is 0 Å². The number of benzene rings is 1. The van der Waals surface area contributed by atoms with Crippen molar-refractivity contribution < 1.29 is 9.53 Å². The van der Waals surface area contributed by atoms with Crippen LogP contribution >= 0.6 is 0 Å². The second kappa shape index (κ2) is 7.05. The lowest BCUT2D eigenvalue weighted by Crippen LogP contribution is -2.34. The van der Waals surface area contributed by atoms with Crippen molar-refractivity contribution in [2.24, 2.45) is 0 Å². The first-order chi connectivity index (χ1) is 11.6. The molecule has 0 bridgehead atoms. The molecule has 0 N–H and O–H groups in total. The first-order valence-electron chi connectivity index (χ1n) is 8.25. The number of amides is 1. The molecule has 24 heavy (non-hydrogen) atoms. The van der Waals surface area contributed by atoms with Crippen LogP contribution in [0.15, 0.2) is 30.7 Å². The smallest absolute Gasteiger partial charge is 0.274 e. The number of ether oxygens (including phenoxy) is 1. The van der Waals surface area contributed by atoms with E-state index in [-0.39, 0.29) is 5.91 Å². The second-order valence-corrected chi connectivity index (χ2v) is 6.29. The van der Waals surface area contributed by atoms with Crippen LogP contribution in [-0.4, -0.2) is 65.6 Å². The molecule has 0 atom stereocenters. The molecule has 1 aromatic heterocycles. The first kappa shape index (κ1) is 16.5. The highest BCUT2D eigenvalue weighted by Crippen LogP contribution is 2.24. The largest absolute Gasteiger partial charge is 0.495 e. The summed E-state index contributed by atoms with van der Waals surface area (Å²) in [6.45, 7) is 5.48. The van der Waals surface area contributed by atoms with Crippen LogP contribution in [0.4, 0.5) is 0 Å². The van der Waals surface area contributed by atoms with Crippen molar-refractivity contribution in [2.75, 3.05) is 40.3 Å². The minimum absolute atomic E-state index is 0.00401. The molecular weight excluding hydrogens is 304 g/mol. The van der Waals surface area contributed by atoms with Crippen LogP contribution in [0.1, 0.15) is 22.5 Å². The Labute approximate surface area is 142 Å². The van der Waals surface area contributed by atoms with E-state index in [0.717, 1.165) is 49.6 Å². The van der Waals surface area contributed by atoms with Crippen molar-refractivity contribution in [3.8, 4) is 11.4 Å². The number of nitrogens with zero attached hydrogens (tertiary/aromatic N) is 4. The summed E-state index contributed by atoms with van der Waals surface area (Å²) in [7, 11) is 3.73. The van der Waals surface area contributed by atoms with Gasteiger partial charge in [0.05, 0.1) is 12.8 Å². The van der Waals surface area contributed by atoms with Gasteiger partial charge in [0.25, 0.3) is 5.91 Å². The number of likely N-dealkylation sites (N-methyl/N-ethyl adjacent to an activating group) is 1. The van der Waals surface area contributed by atoms with Gasteiger partial charge in [0, 0.05) is 25.8 Å². The fourth-order valence-electron chi connectivity index (χ4n) is 2.98. The molecule has 1 amide bonds. The lowest BCUT2D eigenvalue weighted by molar-refractivity contribution is 0.0757. The van der Waals surface area contributed by atoms with E-state index < -0.39 is 0 Å². The molecule has 128 valence electrons. The van der Waals surface area contributed by atoms with E-state index in [1.54, 1.807) is 19.6 Å². The molecule has 6 heteroatoms. The second-order valence-electron chi connectivity index (χ2n) is 6.29. The molecule has 2 heterocycles. The van der Waals surface area contributed by atoms with Gasteiger partial charge >= 0.3 is 0 Å². The van der Waals surface area contributed by atoms with Gasteiger partial charge in [0.1, 0.15) is 17.8 Å². The maximum atomic E-state index is 12.7. The Morgan fingerprint density at radius 2 is 2.04 bits per heavy atom. The maximum Gasteiger partial charge on any atom is 0.274 e. The van der Waals surface area contributed by atoms with Crippen LogP contribution in [-0.2, 0) is 0 Å². The van der Waals surface area contributed by atoms with Crippen LogP contribution in [0.25, 0.3) is 5.69 Å². The van der Waals surface area contributed by atoms with E-state index in [1.807, 2.05) is 34.6 Å². The van der Waals surface area contributed by atoms with Crippen molar-refractivity contribution in [1.29, 1.82) is 0 Å². The molecule has 0 aliphatic carbocycles. The molecule has 0 spiro atoms. The van der Waals surface area contributed by atoms with Gasteiger partial charge in [-0.2, -0.15) is 0 Å². The highest BCUT2D eigenvalue weighted by Gasteiger charge is 2.21. The Bertz CT molecular complexity index is 726. The molecule has 1 aromatic carbocycles. The average Bonchev–Trinajstić information content (AvgIpc) is 2.97. The number of hydrogen-bond acceptors (Lipinski definition) is 4. The molecular formula is C18H24N4O2. The highest BCUT2D eigenvalue weighted by molar-refractivity contribution is 5.92. The highest BCUT2D eigenvalue weighted by atomic mass is 16.5. The Kier molecular flexibility index (Phi) is 4.85. The number of imidazole rings is 1. The zero-order valence-corrected chi connectivity index (χ0v) is 14.5. The number of aryl methyl sites for hydroxylation is 1.